The van der Waals surface area contributed by atoms with Crippen LogP contribution < -0.4 is 16.2 Å². The molecule has 5 rings (SSSR count). The molecule has 1 fully saturated rings. The van der Waals surface area contributed by atoms with Crippen molar-refractivity contribution in [2.75, 3.05) is 17.2 Å². The van der Waals surface area contributed by atoms with E-state index in [-0.39, 0.29) is 31.0 Å². The number of nitrogens with two attached hydrogens (primary N) is 1. The summed E-state index contributed by atoms with van der Waals surface area (Å²) >= 11 is 6.26. The first-order valence-electron chi connectivity index (χ1n) is 9.29. The molecular formula is C21H18ClN7OS. The topological polar surface area (TPSA) is 94.3 Å². The molecule has 0 saturated carbocycles. The van der Waals surface area contributed by atoms with Crippen LogP contribution in [0.4, 0.5) is 11.8 Å². The molecule has 10 heteroatoms. The standard InChI is InChI=1S/C21H16ClN7O.H2S/c1-2-13-12-24-21(23)25-18(13)27-10-9-16(27)19-26-28-11-8-15(22)17(28)20(30)29(19)14-6-4-3-5-7-14;/h1,3-8,11-12,16H,9-10H2,(H2,23,24,25);1H2/t16-;/m0./s1. The maximum absolute atomic E-state index is 13.4. The molecule has 0 spiro atoms. The quantitative estimate of drug-likeness (QED) is 0.481. The number of hydrogen-bond donors (Lipinski definition) is 1. The van der Waals surface area contributed by atoms with Crippen molar-refractivity contribution < 1.29 is 0 Å². The molecule has 2 N–H and O–H groups in total. The summed E-state index contributed by atoms with van der Waals surface area (Å²) < 4.78 is 3.12. The lowest BCUT2D eigenvalue weighted by molar-refractivity contribution is 0.423. The van der Waals surface area contributed by atoms with Crippen molar-refractivity contribution in [1.29, 1.82) is 0 Å². The van der Waals surface area contributed by atoms with Crippen molar-refractivity contribution in [3.05, 3.63) is 75.6 Å². The van der Waals surface area contributed by atoms with E-state index in [4.69, 9.17) is 28.9 Å². The van der Waals surface area contributed by atoms with E-state index in [1.54, 1.807) is 16.8 Å². The highest BCUT2D eigenvalue weighted by Crippen LogP contribution is 2.38. The Morgan fingerprint density at radius 3 is 2.68 bits per heavy atom. The average molecular weight is 452 g/mol. The summed E-state index contributed by atoms with van der Waals surface area (Å²) in [6, 6.07) is 10.8. The monoisotopic (exact) mass is 451 g/mol. The molecule has 3 aromatic heterocycles. The van der Waals surface area contributed by atoms with Gasteiger partial charge in [0.1, 0.15) is 5.52 Å². The lowest BCUT2D eigenvalue weighted by Crippen LogP contribution is -2.45. The van der Waals surface area contributed by atoms with Gasteiger partial charge in [0, 0.05) is 12.7 Å². The molecule has 1 saturated heterocycles. The summed E-state index contributed by atoms with van der Waals surface area (Å²) in [6.45, 7) is 0.699. The van der Waals surface area contributed by atoms with Gasteiger partial charge in [0.25, 0.3) is 5.56 Å². The third-order valence-corrected chi connectivity index (χ3v) is 5.51. The summed E-state index contributed by atoms with van der Waals surface area (Å²) in [6.07, 6.45) is 9.61. The van der Waals surface area contributed by atoms with E-state index < -0.39 is 0 Å². The van der Waals surface area contributed by atoms with Crippen LogP contribution in [0, 0.1) is 12.3 Å². The van der Waals surface area contributed by atoms with E-state index in [0.29, 0.717) is 40.0 Å². The molecule has 1 aromatic carbocycles. The number of anilines is 2. The Labute approximate surface area is 189 Å². The van der Waals surface area contributed by atoms with Crippen LogP contribution in [0.25, 0.3) is 11.2 Å². The maximum atomic E-state index is 13.4. The van der Waals surface area contributed by atoms with Gasteiger partial charge in [0.05, 0.1) is 28.5 Å². The molecule has 0 amide bonds. The summed E-state index contributed by atoms with van der Waals surface area (Å²) in [7, 11) is 0. The van der Waals surface area contributed by atoms with Crippen molar-refractivity contribution in [2.24, 2.45) is 0 Å². The number of aromatic nitrogens is 5. The molecule has 0 unspecified atom stereocenters. The molecule has 156 valence electrons. The zero-order chi connectivity index (χ0) is 20.8. The minimum atomic E-state index is -0.243. The fraction of sp³-hybridized carbons (Fsp3) is 0.143. The van der Waals surface area contributed by atoms with Crippen LogP contribution in [-0.2, 0) is 0 Å². The highest BCUT2D eigenvalue weighted by Gasteiger charge is 2.36. The van der Waals surface area contributed by atoms with E-state index >= 15 is 0 Å². The molecule has 0 radical (unpaired) electrons. The van der Waals surface area contributed by atoms with Gasteiger partial charge in [-0.1, -0.05) is 35.7 Å². The summed E-state index contributed by atoms with van der Waals surface area (Å²) in [5.74, 6) is 3.86. The number of nitrogen functional groups attached to an aromatic ring is 1. The smallest absolute Gasteiger partial charge is 0.284 e. The first kappa shape index (κ1) is 20.8. The first-order chi connectivity index (χ1) is 14.6. The second-order valence-electron chi connectivity index (χ2n) is 6.90. The zero-order valence-electron chi connectivity index (χ0n) is 16.2. The molecule has 1 atom stereocenters. The van der Waals surface area contributed by atoms with Crippen LogP contribution in [0.1, 0.15) is 23.9 Å². The highest BCUT2D eigenvalue weighted by atomic mass is 35.5. The van der Waals surface area contributed by atoms with Gasteiger partial charge < -0.3 is 10.6 Å². The molecule has 1 aliphatic heterocycles. The van der Waals surface area contributed by atoms with E-state index in [1.165, 1.54) is 10.7 Å². The molecule has 1 aliphatic rings. The minimum absolute atomic E-state index is 0. The number of benzene rings is 1. The van der Waals surface area contributed by atoms with E-state index in [1.807, 2.05) is 35.2 Å². The number of nitrogens with zero attached hydrogens (tertiary/aromatic N) is 6. The number of halogens is 1. The average Bonchev–Trinajstić information content (AvgIpc) is 3.09. The summed E-state index contributed by atoms with van der Waals surface area (Å²) in [4.78, 5) is 23.7. The second-order valence-corrected chi connectivity index (χ2v) is 7.31. The van der Waals surface area contributed by atoms with Crippen LogP contribution in [0.3, 0.4) is 0 Å². The molecule has 4 aromatic rings. The van der Waals surface area contributed by atoms with Crippen LogP contribution in [0.15, 0.2) is 53.6 Å². The van der Waals surface area contributed by atoms with Crippen LogP contribution in [-0.4, -0.2) is 30.7 Å². The number of terminal acetylenes is 1. The predicted octanol–water partition coefficient (Wildman–Crippen LogP) is 2.56. The summed E-state index contributed by atoms with van der Waals surface area (Å²) in [5.41, 5.74) is 7.12. The molecule has 0 bridgehead atoms. The van der Waals surface area contributed by atoms with Gasteiger partial charge in [0.15, 0.2) is 11.6 Å². The lowest BCUT2D eigenvalue weighted by Gasteiger charge is -2.42. The Morgan fingerprint density at radius 2 is 2.00 bits per heavy atom. The van der Waals surface area contributed by atoms with Crippen LogP contribution in [0.2, 0.25) is 5.02 Å². The number of fused-ring (bicyclic) bond motifs is 1. The maximum Gasteiger partial charge on any atom is 0.284 e. The Balaban J connectivity index is 0.00000231. The molecule has 0 aliphatic carbocycles. The third-order valence-electron chi connectivity index (χ3n) is 5.21. The van der Waals surface area contributed by atoms with Crippen molar-refractivity contribution in [1.82, 2.24) is 24.1 Å². The Bertz CT molecular complexity index is 1380. The van der Waals surface area contributed by atoms with Gasteiger partial charge in [-0.2, -0.15) is 23.6 Å². The van der Waals surface area contributed by atoms with Gasteiger partial charge in [-0.3, -0.25) is 9.36 Å². The molecule has 4 heterocycles. The van der Waals surface area contributed by atoms with Gasteiger partial charge in [-0.15, -0.1) is 6.42 Å². The van der Waals surface area contributed by atoms with Crippen LogP contribution >= 0.6 is 25.1 Å². The molecule has 31 heavy (non-hydrogen) atoms. The lowest BCUT2D eigenvalue weighted by atomic mass is 10.0. The SMILES string of the molecule is C#Cc1cnc(N)nc1N1CC[C@H]1c1nn2ccc(Cl)c2c(=O)n1-c1ccccc1.S. The predicted molar refractivity (Wildman–Crippen MR) is 125 cm³/mol. The van der Waals surface area contributed by atoms with Crippen molar-refractivity contribution in [2.45, 2.75) is 12.5 Å². The zero-order valence-corrected chi connectivity index (χ0v) is 18.0. The first-order valence-corrected chi connectivity index (χ1v) is 9.67. The van der Waals surface area contributed by atoms with Crippen molar-refractivity contribution in [3.63, 3.8) is 0 Å². The van der Waals surface area contributed by atoms with Crippen molar-refractivity contribution >= 4 is 42.4 Å². The van der Waals surface area contributed by atoms with Gasteiger partial charge in [-0.05, 0) is 24.6 Å². The second kappa shape index (κ2) is 7.98. The number of hydrogen-bond acceptors (Lipinski definition) is 6. The van der Waals surface area contributed by atoms with E-state index in [9.17, 15) is 4.79 Å². The van der Waals surface area contributed by atoms with E-state index in [2.05, 4.69) is 15.9 Å². The minimum Gasteiger partial charge on any atom is -0.368 e. The summed E-state index contributed by atoms with van der Waals surface area (Å²) in [5, 5.41) is 5.09. The van der Waals surface area contributed by atoms with Gasteiger partial charge in [-0.25, -0.2) is 9.50 Å². The highest BCUT2D eigenvalue weighted by molar-refractivity contribution is 7.59. The van der Waals surface area contributed by atoms with Gasteiger partial charge >= 0.3 is 0 Å². The fourth-order valence-electron chi connectivity index (χ4n) is 3.71. The molecular weight excluding hydrogens is 434 g/mol. The Hall–Kier alpha value is -3.48. The number of rotatable bonds is 3. The largest absolute Gasteiger partial charge is 0.368 e. The molecule has 8 nitrogen and oxygen atoms in total. The number of para-hydroxylation sites is 1. The van der Waals surface area contributed by atoms with Gasteiger partial charge in [0.2, 0.25) is 5.95 Å². The van der Waals surface area contributed by atoms with Crippen LogP contribution in [0.5, 0.6) is 0 Å². The Morgan fingerprint density at radius 1 is 1.23 bits per heavy atom. The fourth-order valence-corrected chi connectivity index (χ4v) is 3.93. The third kappa shape index (κ3) is 3.30. The Kier molecular flexibility index (Phi) is 5.35. The van der Waals surface area contributed by atoms with Crippen molar-refractivity contribution in [3.8, 4) is 18.0 Å². The normalized spacial score (nSPS) is 15.2. The van der Waals surface area contributed by atoms with E-state index in [0.717, 1.165) is 6.42 Å².